The molecule has 0 radical (unpaired) electrons. The van der Waals surface area contributed by atoms with E-state index in [9.17, 15) is 4.79 Å². The van der Waals surface area contributed by atoms with Gasteiger partial charge in [-0.2, -0.15) is 16.9 Å². The number of aryl methyl sites for hydroxylation is 1. The summed E-state index contributed by atoms with van der Waals surface area (Å²) in [5.74, 6) is 2.96. The Hall–Kier alpha value is -2.08. The minimum absolute atomic E-state index is 0.0574. The van der Waals surface area contributed by atoms with Crippen LogP contribution in [0.3, 0.4) is 0 Å². The quantitative estimate of drug-likeness (QED) is 0.919. The Morgan fingerprint density at radius 1 is 1.24 bits per heavy atom. The van der Waals surface area contributed by atoms with Crippen LogP contribution in [0.4, 0.5) is 5.82 Å². The van der Waals surface area contributed by atoms with Gasteiger partial charge in [-0.25, -0.2) is 9.67 Å². The smallest absolute Gasteiger partial charge is 0.257 e. The zero-order valence-corrected chi connectivity index (χ0v) is 15.2. The van der Waals surface area contributed by atoms with Crippen molar-refractivity contribution >= 4 is 29.2 Å². The number of carbonyl (C=O) groups excluding carboxylic acids is 1. The molecule has 25 heavy (non-hydrogen) atoms. The molecule has 1 amide bonds. The summed E-state index contributed by atoms with van der Waals surface area (Å²) < 4.78 is 2.03. The monoisotopic (exact) mass is 354 g/mol. The van der Waals surface area contributed by atoms with E-state index < -0.39 is 0 Å². The summed E-state index contributed by atoms with van der Waals surface area (Å²) in [6, 6.07) is 10.4. The van der Waals surface area contributed by atoms with E-state index in [0.717, 1.165) is 53.6 Å². The van der Waals surface area contributed by atoms with Gasteiger partial charge in [-0.1, -0.05) is 37.3 Å². The van der Waals surface area contributed by atoms with Gasteiger partial charge in [-0.15, -0.1) is 0 Å². The number of rotatable bonds is 3. The highest BCUT2D eigenvalue weighted by Crippen LogP contribution is 2.34. The number of aliphatic imine (C=N–C) groups is 1. The summed E-state index contributed by atoms with van der Waals surface area (Å²) in [6.07, 6.45) is 2.90. The number of nitrogens with zero attached hydrogens (tertiary/aromatic N) is 3. The molecule has 0 bridgehead atoms. The molecule has 130 valence electrons. The molecule has 5 nitrogen and oxygen atoms in total. The van der Waals surface area contributed by atoms with Gasteiger partial charge in [0.2, 0.25) is 0 Å². The van der Waals surface area contributed by atoms with E-state index in [1.54, 1.807) is 0 Å². The van der Waals surface area contributed by atoms with Crippen LogP contribution < -0.4 is 5.32 Å². The van der Waals surface area contributed by atoms with Crippen molar-refractivity contribution in [1.29, 1.82) is 0 Å². The normalized spacial score (nSPS) is 18.3. The molecule has 1 fully saturated rings. The Bertz CT molecular complexity index is 806. The molecule has 0 unspecified atom stereocenters. The molecule has 4 rings (SSSR count). The number of hydrogen-bond donors (Lipinski definition) is 1. The molecule has 0 saturated carbocycles. The summed E-state index contributed by atoms with van der Waals surface area (Å²) in [6.45, 7) is 2.49. The fourth-order valence-electron chi connectivity index (χ4n) is 3.46. The van der Waals surface area contributed by atoms with Crippen molar-refractivity contribution in [3.05, 3.63) is 47.2 Å². The van der Waals surface area contributed by atoms with E-state index in [4.69, 9.17) is 10.1 Å². The molecule has 2 aliphatic rings. The van der Waals surface area contributed by atoms with Crippen molar-refractivity contribution in [2.75, 3.05) is 18.1 Å². The SMILES string of the molecule is CCc1nn(C2CCSCC2)c2c1C(=O)NCC(c1ccccc1)=N2. The molecule has 1 aromatic carbocycles. The lowest BCUT2D eigenvalue weighted by Crippen LogP contribution is -2.28. The van der Waals surface area contributed by atoms with Crippen molar-refractivity contribution in [3.8, 4) is 0 Å². The summed E-state index contributed by atoms with van der Waals surface area (Å²) in [5, 5.41) is 7.81. The summed E-state index contributed by atoms with van der Waals surface area (Å²) in [5.41, 5.74) is 3.44. The second-order valence-electron chi connectivity index (χ2n) is 6.39. The highest BCUT2D eigenvalue weighted by atomic mass is 32.2. The third kappa shape index (κ3) is 3.11. The second-order valence-corrected chi connectivity index (χ2v) is 7.62. The zero-order chi connectivity index (χ0) is 17.2. The third-order valence-electron chi connectivity index (χ3n) is 4.82. The number of thioether (sulfide) groups is 1. The molecule has 0 atom stereocenters. The molecule has 3 heterocycles. The molecular formula is C19H22N4OS. The Morgan fingerprint density at radius 3 is 2.72 bits per heavy atom. The number of aromatic nitrogens is 2. The van der Waals surface area contributed by atoms with Crippen molar-refractivity contribution < 1.29 is 4.79 Å². The van der Waals surface area contributed by atoms with Crippen LogP contribution in [0.5, 0.6) is 0 Å². The van der Waals surface area contributed by atoms with Crippen molar-refractivity contribution in [2.45, 2.75) is 32.2 Å². The summed E-state index contributed by atoms with van der Waals surface area (Å²) in [7, 11) is 0. The van der Waals surface area contributed by atoms with Crippen LogP contribution in [0.2, 0.25) is 0 Å². The average molecular weight is 354 g/mol. The second kappa shape index (κ2) is 7.04. The molecule has 1 aromatic heterocycles. The van der Waals surface area contributed by atoms with E-state index in [1.165, 1.54) is 0 Å². The Labute approximate surface area is 151 Å². The molecule has 1 saturated heterocycles. The Balaban J connectivity index is 1.85. The lowest BCUT2D eigenvalue weighted by Gasteiger charge is -2.22. The summed E-state index contributed by atoms with van der Waals surface area (Å²) in [4.78, 5) is 17.6. The first-order chi connectivity index (χ1) is 12.3. The van der Waals surface area contributed by atoms with Gasteiger partial charge in [0.05, 0.1) is 24.0 Å². The first kappa shape index (κ1) is 16.4. The van der Waals surface area contributed by atoms with Crippen LogP contribution in [-0.2, 0) is 6.42 Å². The highest BCUT2D eigenvalue weighted by molar-refractivity contribution is 7.99. The van der Waals surface area contributed by atoms with Gasteiger partial charge in [0, 0.05) is 0 Å². The third-order valence-corrected chi connectivity index (χ3v) is 5.87. The van der Waals surface area contributed by atoms with E-state index in [1.807, 2.05) is 53.7 Å². The van der Waals surface area contributed by atoms with Gasteiger partial charge in [-0.3, -0.25) is 4.79 Å². The average Bonchev–Trinajstić information content (AvgIpc) is 2.95. The number of nitrogens with one attached hydrogen (secondary N) is 1. The molecule has 1 N–H and O–H groups in total. The first-order valence-electron chi connectivity index (χ1n) is 8.88. The molecule has 2 aliphatic heterocycles. The summed E-state index contributed by atoms with van der Waals surface area (Å²) >= 11 is 1.99. The van der Waals surface area contributed by atoms with Gasteiger partial charge < -0.3 is 5.32 Å². The van der Waals surface area contributed by atoms with E-state index in [0.29, 0.717) is 18.2 Å². The largest absolute Gasteiger partial charge is 0.346 e. The fraction of sp³-hybridized carbons (Fsp3) is 0.421. The number of hydrogen-bond acceptors (Lipinski definition) is 4. The van der Waals surface area contributed by atoms with Crippen LogP contribution in [0.15, 0.2) is 35.3 Å². The molecular weight excluding hydrogens is 332 g/mol. The fourth-order valence-corrected chi connectivity index (χ4v) is 4.54. The zero-order valence-electron chi connectivity index (χ0n) is 14.4. The van der Waals surface area contributed by atoms with Crippen molar-refractivity contribution in [2.24, 2.45) is 4.99 Å². The van der Waals surface area contributed by atoms with Crippen LogP contribution in [0.1, 0.15) is 47.4 Å². The van der Waals surface area contributed by atoms with Crippen LogP contribution in [0.25, 0.3) is 0 Å². The van der Waals surface area contributed by atoms with Crippen molar-refractivity contribution in [1.82, 2.24) is 15.1 Å². The molecule has 6 heteroatoms. The Kier molecular flexibility index (Phi) is 4.61. The van der Waals surface area contributed by atoms with E-state index in [2.05, 4.69) is 5.32 Å². The minimum atomic E-state index is -0.0574. The topological polar surface area (TPSA) is 59.3 Å². The van der Waals surface area contributed by atoms with Gasteiger partial charge in [0.15, 0.2) is 5.82 Å². The maximum atomic E-state index is 12.7. The van der Waals surface area contributed by atoms with Crippen LogP contribution >= 0.6 is 11.8 Å². The maximum absolute atomic E-state index is 12.7. The number of carbonyl (C=O) groups is 1. The molecule has 0 spiro atoms. The lowest BCUT2D eigenvalue weighted by atomic mass is 10.1. The van der Waals surface area contributed by atoms with E-state index in [-0.39, 0.29) is 5.91 Å². The van der Waals surface area contributed by atoms with Gasteiger partial charge in [-0.05, 0) is 36.3 Å². The number of amides is 1. The standard InChI is InChI=1S/C19H22N4OS/c1-2-15-17-18(23(22-15)14-8-10-25-11-9-14)21-16(12-20-19(17)24)13-6-4-3-5-7-13/h3-7,14H,2,8-12H2,1H3,(H,20,24). The van der Waals surface area contributed by atoms with Gasteiger partial charge in [0.1, 0.15) is 5.56 Å². The predicted octanol–water partition coefficient (Wildman–Crippen LogP) is 3.38. The predicted molar refractivity (Wildman–Crippen MR) is 102 cm³/mol. The van der Waals surface area contributed by atoms with E-state index >= 15 is 0 Å². The van der Waals surface area contributed by atoms with Crippen LogP contribution in [-0.4, -0.2) is 39.4 Å². The maximum Gasteiger partial charge on any atom is 0.257 e. The highest BCUT2D eigenvalue weighted by Gasteiger charge is 2.29. The van der Waals surface area contributed by atoms with Crippen LogP contribution in [0, 0.1) is 0 Å². The number of benzene rings is 1. The van der Waals surface area contributed by atoms with Gasteiger partial charge in [0.25, 0.3) is 5.91 Å². The Morgan fingerprint density at radius 2 is 2.00 bits per heavy atom. The molecule has 0 aliphatic carbocycles. The van der Waals surface area contributed by atoms with Gasteiger partial charge >= 0.3 is 0 Å². The molecule has 2 aromatic rings. The first-order valence-corrected chi connectivity index (χ1v) is 10.0. The van der Waals surface area contributed by atoms with Crippen molar-refractivity contribution in [3.63, 3.8) is 0 Å². The number of fused-ring (bicyclic) bond motifs is 1. The lowest BCUT2D eigenvalue weighted by molar-refractivity contribution is 0.0960. The minimum Gasteiger partial charge on any atom is -0.346 e.